The van der Waals surface area contributed by atoms with Crippen LogP contribution in [0.5, 0.6) is 0 Å². The van der Waals surface area contributed by atoms with Gasteiger partial charge in [0.25, 0.3) is 5.91 Å². The van der Waals surface area contributed by atoms with Gasteiger partial charge in [-0.25, -0.2) is 13.6 Å². The third kappa shape index (κ3) is 9.01. The van der Waals surface area contributed by atoms with Crippen LogP contribution < -0.4 is 5.32 Å². The van der Waals surface area contributed by atoms with Crippen LogP contribution in [0.2, 0.25) is 0 Å². The minimum absolute atomic E-state index is 0.0570. The topological polar surface area (TPSA) is 134 Å². The highest BCUT2D eigenvalue weighted by Gasteiger charge is 2.38. The molecular weight excluding hydrogens is 628 g/mol. The standard InChI is InChI=1S/C34H49F2N5O7/c1-22(38(5)33(46)48-34(2,3)4)30(43)37-29(23-9-7-6-8-10-23)32(45)40-13-11-39(12-14-40)31(44)28-20-24-19-25(35)26(36)21-27(24)41(28)15-17-47-18-16-42/h19-23,29,42H,6-18H2,1-5H3,(H,37,43). The van der Waals surface area contributed by atoms with Gasteiger partial charge in [0.2, 0.25) is 11.8 Å². The highest BCUT2D eigenvalue weighted by atomic mass is 19.2. The molecule has 2 fully saturated rings. The molecular formula is C34H49F2N5O7. The molecule has 2 aromatic rings. The number of halogens is 2. The largest absolute Gasteiger partial charge is 0.444 e. The Morgan fingerprint density at radius 3 is 2.23 bits per heavy atom. The third-order valence-electron chi connectivity index (χ3n) is 9.06. The lowest BCUT2D eigenvalue weighted by atomic mass is 9.83. The normalized spacial score (nSPS) is 17.2. The van der Waals surface area contributed by atoms with Crippen LogP contribution in [-0.4, -0.2) is 119 Å². The summed E-state index contributed by atoms with van der Waals surface area (Å²) in [7, 11) is 1.49. The zero-order valence-electron chi connectivity index (χ0n) is 28.6. The highest BCUT2D eigenvalue weighted by Crippen LogP contribution is 2.29. The molecule has 1 aromatic heterocycles. The van der Waals surface area contributed by atoms with E-state index in [1.54, 1.807) is 42.1 Å². The molecule has 14 heteroatoms. The monoisotopic (exact) mass is 677 g/mol. The second-order valence-electron chi connectivity index (χ2n) is 13.6. The molecule has 2 aliphatic rings. The van der Waals surface area contributed by atoms with Gasteiger partial charge in [-0.15, -0.1) is 0 Å². The molecule has 0 radical (unpaired) electrons. The molecule has 0 bridgehead atoms. The van der Waals surface area contributed by atoms with E-state index in [9.17, 15) is 28.0 Å². The lowest BCUT2D eigenvalue weighted by molar-refractivity contribution is -0.140. The van der Waals surface area contributed by atoms with Crippen molar-refractivity contribution in [2.75, 3.05) is 53.0 Å². The molecule has 1 saturated heterocycles. The zero-order valence-corrected chi connectivity index (χ0v) is 28.6. The Hall–Kier alpha value is -3.78. The predicted octanol–water partition coefficient (Wildman–Crippen LogP) is 3.53. The molecule has 1 aromatic carbocycles. The number of aliphatic hydroxyl groups is 1. The second-order valence-corrected chi connectivity index (χ2v) is 13.6. The van der Waals surface area contributed by atoms with Crippen molar-refractivity contribution in [2.45, 2.75) is 84.0 Å². The van der Waals surface area contributed by atoms with Gasteiger partial charge in [-0.3, -0.25) is 19.3 Å². The van der Waals surface area contributed by atoms with Crippen LogP contribution >= 0.6 is 0 Å². The number of piperazine rings is 1. The summed E-state index contributed by atoms with van der Waals surface area (Å²) in [5.74, 6) is -3.14. The SMILES string of the molecule is CC(C(=O)NC(C(=O)N1CCN(C(=O)c2cc3cc(F)c(F)cc3n2CCOCCO)CC1)C1CCCCC1)N(C)C(=O)OC(C)(C)C. The first-order valence-corrected chi connectivity index (χ1v) is 16.7. The molecule has 1 saturated carbocycles. The van der Waals surface area contributed by atoms with Crippen molar-refractivity contribution < 1.29 is 42.5 Å². The number of aliphatic hydroxyl groups excluding tert-OH is 1. The molecule has 1 aliphatic heterocycles. The summed E-state index contributed by atoms with van der Waals surface area (Å²) in [6.45, 7) is 7.98. The van der Waals surface area contributed by atoms with Gasteiger partial charge in [0, 0.05) is 51.2 Å². The van der Waals surface area contributed by atoms with Crippen LogP contribution in [0.1, 0.15) is 70.3 Å². The smallest absolute Gasteiger partial charge is 0.410 e. The number of benzene rings is 1. The van der Waals surface area contributed by atoms with Crippen LogP contribution in [0.15, 0.2) is 18.2 Å². The van der Waals surface area contributed by atoms with Crippen molar-refractivity contribution in [3.05, 3.63) is 35.5 Å². The number of amides is 4. The van der Waals surface area contributed by atoms with E-state index in [0.29, 0.717) is 10.9 Å². The highest BCUT2D eigenvalue weighted by molar-refractivity contribution is 5.99. The summed E-state index contributed by atoms with van der Waals surface area (Å²) in [5, 5.41) is 12.4. The second kappa shape index (κ2) is 16.1. The van der Waals surface area contributed by atoms with E-state index in [0.717, 1.165) is 44.2 Å². The van der Waals surface area contributed by atoms with E-state index < -0.39 is 41.3 Å². The van der Waals surface area contributed by atoms with Gasteiger partial charge in [0.1, 0.15) is 23.4 Å². The lowest BCUT2D eigenvalue weighted by Gasteiger charge is -2.39. The van der Waals surface area contributed by atoms with Crippen LogP contribution in [-0.2, 0) is 25.6 Å². The zero-order chi connectivity index (χ0) is 35.2. The Kier molecular flexibility index (Phi) is 12.4. The summed E-state index contributed by atoms with van der Waals surface area (Å²) in [5.41, 5.74) is -0.152. The Balaban J connectivity index is 1.46. The average molecular weight is 678 g/mol. The number of aromatic nitrogens is 1. The average Bonchev–Trinajstić information content (AvgIpc) is 3.40. The molecule has 2 heterocycles. The number of likely N-dealkylation sites (N-methyl/N-ethyl adjacent to an activating group) is 1. The minimum atomic E-state index is -1.03. The first-order valence-electron chi connectivity index (χ1n) is 16.7. The maximum Gasteiger partial charge on any atom is 0.410 e. The summed E-state index contributed by atoms with van der Waals surface area (Å²) in [4.78, 5) is 58.2. The lowest BCUT2D eigenvalue weighted by Crippen LogP contribution is -2.59. The predicted molar refractivity (Wildman–Crippen MR) is 174 cm³/mol. The molecule has 48 heavy (non-hydrogen) atoms. The van der Waals surface area contributed by atoms with E-state index in [2.05, 4.69) is 5.32 Å². The maximum atomic E-state index is 14.2. The number of carbonyl (C=O) groups is 4. The molecule has 2 unspecified atom stereocenters. The van der Waals surface area contributed by atoms with Crippen LogP contribution in [0.4, 0.5) is 13.6 Å². The van der Waals surface area contributed by atoms with Gasteiger partial charge in [-0.05, 0) is 58.6 Å². The van der Waals surface area contributed by atoms with E-state index in [-0.39, 0.29) is 76.0 Å². The van der Waals surface area contributed by atoms with Crippen molar-refractivity contribution in [2.24, 2.45) is 5.92 Å². The number of ether oxygens (including phenoxy) is 2. The van der Waals surface area contributed by atoms with Gasteiger partial charge in [0.15, 0.2) is 11.6 Å². The van der Waals surface area contributed by atoms with Crippen molar-refractivity contribution in [3.63, 3.8) is 0 Å². The van der Waals surface area contributed by atoms with Crippen LogP contribution in [0.25, 0.3) is 10.9 Å². The number of nitrogens with one attached hydrogen (secondary N) is 1. The molecule has 266 valence electrons. The fourth-order valence-corrected chi connectivity index (χ4v) is 6.28. The summed E-state index contributed by atoms with van der Waals surface area (Å²) in [6.07, 6.45) is 3.91. The number of fused-ring (bicyclic) bond motifs is 1. The van der Waals surface area contributed by atoms with Crippen molar-refractivity contribution in [3.8, 4) is 0 Å². The maximum absolute atomic E-state index is 14.2. The number of hydrogen-bond donors (Lipinski definition) is 2. The summed E-state index contributed by atoms with van der Waals surface area (Å²) in [6, 6.07) is 1.97. The van der Waals surface area contributed by atoms with E-state index in [4.69, 9.17) is 14.6 Å². The Labute approximate surface area is 280 Å². The molecule has 12 nitrogen and oxygen atoms in total. The van der Waals surface area contributed by atoms with E-state index in [1.807, 2.05) is 0 Å². The Morgan fingerprint density at radius 2 is 1.60 bits per heavy atom. The molecule has 4 rings (SSSR count). The van der Waals surface area contributed by atoms with E-state index in [1.165, 1.54) is 18.0 Å². The van der Waals surface area contributed by atoms with Gasteiger partial charge >= 0.3 is 6.09 Å². The fourth-order valence-electron chi connectivity index (χ4n) is 6.28. The summed E-state index contributed by atoms with van der Waals surface area (Å²) >= 11 is 0. The van der Waals surface area contributed by atoms with Crippen LogP contribution in [0.3, 0.4) is 0 Å². The first-order chi connectivity index (χ1) is 22.7. The number of hydrogen-bond acceptors (Lipinski definition) is 7. The van der Waals surface area contributed by atoms with Crippen molar-refractivity contribution >= 4 is 34.7 Å². The third-order valence-corrected chi connectivity index (χ3v) is 9.06. The van der Waals surface area contributed by atoms with Crippen molar-refractivity contribution in [1.29, 1.82) is 0 Å². The molecule has 1 aliphatic carbocycles. The molecule has 2 atom stereocenters. The minimum Gasteiger partial charge on any atom is -0.444 e. The number of rotatable bonds is 11. The van der Waals surface area contributed by atoms with E-state index >= 15 is 0 Å². The quantitative estimate of drug-likeness (QED) is 0.348. The van der Waals surface area contributed by atoms with Gasteiger partial charge in [-0.1, -0.05) is 19.3 Å². The molecule has 0 spiro atoms. The number of carbonyl (C=O) groups excluding carboxylic acids is 4. The number of nitrogens with zero attached hydrogens (tertiary/aromatic N) is 4. The van der Waals surface area contributed by atoms with Crippen LogP contribution in [0, 0.1) is 17.6 Å². The fraction of sp³-hybridized carbons (Fsp3) is 0.647. The van der Waals surface area contributed by atoms with Gasteiger partial charge < -0.3 is 34.3 Å². The van der Waals surface area contributed by atoms with Gasteiger partial charge in [0.05, 0.1) is 25.3 Å². The molecule has 4 amide bonds. The first kappa shape index (κ1) is 37.0. The van der Waals surface area contributed by atoms with Gasteiger partial charge in [-0.2, -0.15) is 0 Å². The van der Waals surface area contributed by atoms with Crippen molar-refractivity contribution in [1.82, 2.24) is 24.6 Å². The summed E-state index contributed by atoms with van der Waals surface area (Å²) < 4.78 is 40.6. The Bertz CT molecular complexity index is 1460. The molecule has 2 N–H and O–H groups in total. The Morgan fingerprint density at radius 1 is 0.979 bits per heavy atom.